The molecule has 3 aromatic rings. The lowest BCUT2D eigenvalue weighted by molar-refractivity contribution is 0.0918. The summed E-state index contributed by atoms with van der Waals surface area (Å²) in [6.45, 7) is 0.397. The first kappa shape index (κ1) is 17.8. The zero-order chi connectivity index (χ0) is 19.5. The molecular formula is C17H18N8O3. The van der Waals surface area contributed by atoms with Gasteiger partial charge in [0.25, 0.3) is 17.4 Å². The van der Waals surface area contributed by atoms with Gasteiger partial charge in [-0.15, -0.1) is 0 Å². The maximum absolute atomic E-state index is 12.7. The van der Waals surface area contributed by atoms with Crippen LogP contribution in [-0.2, 0) is 0 Å². The van der Waals surface area contributed by atoms with Crippen LogP contribution in [0.3, 0.4) is 0 Å². The number of rotatable bonds is 5. The number of carbonyl (C=O) groups is 2. The molecule has 3 heterocycles. The van der Waals surface area contributed by atoms with Gasteiger partial charge in [0, 0.05) is 18.8 Å². The number of nitrogens with one attached hydrogen (secondary N) is 4. The summed E-state index contributed by atoms with van der Waals surface area (Å²) in [4.78, 5) is 57.1. The highest BCUT2D eigenvalue weighted by atomic mass is 16.2. The Bertz CT molecular complexity index is 1050. The number of aromatic amines is 2. The van der Waals surface area contributed by atoms with Crippen molar-refractivity contribution in [3.63, 3.8) is 0 Å². The quantitative estimate of drug-likeness (QED) is 0.474. The minimum atomic E-state index is -0.372. The number of carbonyl (C=O) groups excluding carboxylic acids is 2. The molecule has 2 atom stereocenters. The van der Waals surface area contributed by atoms with E-state index in [1.54, 1.807) is 0 Å². The van der Waals surface area contributed by atoms with Crippen LogP contribution >= 0.6 is 0 Å². The van der Waals surface area contributed by atoms with Gasteiger partial charge in [0.15, 0.2) is 11.3 Å². The Balaban J connectivity index is 1.39. The molecule has 0 bridgehead atoms. The van der Waals surface area contributed by atoms with Crippen molar-refractivity contribution in [1.82, 2.24) is 40.5 Å². The molecule has 4 rings (SSSR count). The third kappa shape index (κ3) is 3.59. The molecule has 0 aromatic carbocycles. The molecule has 1 fully saturated rings. The second-order valence-electron chi connectivity index (χ2n) is 6.60. The first-order chi connectivity index (χ1) is 13.6. The van der Waals surface area contributed by atoms with E-state index in [2.05, 4.69) is 40.5 Å². The van der Waals surface area contributed by atoms with Gasteiger partial charge >= 0.3 is 0 Å². The Kier molecular flexibility index (Phi) is 4.79. The zero-order valence-corrected chi connectivity index (χ0v) is 14.8. The molecule has 2 amide bonds. The topological polar surface area (TPSA) is 158 Å². The molecule has 1 aliphatic carbocycles. The van der Waals surface area contributed by atoms with E-state index in [1.165, 1.54) is 18.9 Å². The summed E-state index contributed by atoms with van der Waals surface area (Å²) in [6.07, 6.45) is 7.76. The predicted octanol–water partition coefficient (Wildman–Crippen LogP) is -0.235. The van der Waals surface area contributed by atoms with E-state index in [9.17, 15) is 14.4 Å². The fourth-order valence-electron chi connectivity index (χ4n) is 3.43. The third-order valence-corrected chi connectivity index (χ3v) is 4.84. The first-order valence-corrected chi connectivity index (χ1v) is 8.89. The van der Waals surface area contributed by atoms with Crippen LogP contribution < -0.4 is 16.2 Å². The zero-order valence-electron chi connectivity index (χ0n) is 14.8. The van der Waals surface area contributed by atoms with E-state index < -0.39 is 0 Å². The predicted molar refractivity (Wildman–Crippen MR) is 97.5 cm³/mol. The van der Waals surface area contributed by atoms with Crippen LogP contribution in [0.1, 0.15) is 40.2 Å². The largest absolute Gasteiger partial charge is 0.350 e. The van der Waals surface area contributed by atoms with Crippen LogP contribution in [0, 0.1) is 5.92 Å². The number of aromatic nitrogens is 6. The first-order valence-electron chi connectivity index (χ1n) is 8.89. The Hall–Kier alpha value is -3.63. The van der Waals surface area contributed by atoms with E-state index in [4.69, 9.17) is 0 Å². The highest BCUT2D eigenvalue weighted by molar-refractivity contribution is 6.02. The van der Waals surface area contributed by atoms with Crippen molar-refractivity contribution in [1.29, 1.82) is 0 Å². The van der Waals surface area contributed by atoms with Gasteiger partial charge < -0.3 is 20.6 Å². The van der Waals surface area contributed by atoms with E-state index in [0.717, 1.165) is 25.5 Å². The van der Waals surface area contributed by atoms with E-state index >= 15 is 0 Å². The van der Waals surface area contributed by atoms with Gasteiger partial charge in [0.1, 0.15) is 17.5 Å². The summed E-state index contributed by atoms with van der Waals surface area (Å²) >= 11 is 0. The maximum atomic E-state index is 12.7. The molecule has 28 heavy (non-hydrogen) atoms. The van der Waals surface area contributed by atoms with Crippen molar-refractivity contribution in [3.8, 4) is 0 Å². The Morgan fingerprint density at radius 1 is 1.11 bits per heavy atom. The van der Waals surface area contributed by atoms with Crippen molar-refractivity contribution in [2.75, 3.05) is 6.54 Å². The molecule has 0 radical (unpaired) electrons. The SMILES string of the molecule is O=C(NCC1CCCC1NC(=O)c1ncnc2nc[nH]c12)c1c[nH]c(=O)cn1. The molecule has 0 aliphatic heterocycles. The van der Waals surface area contributed by atoms with Crippen LogP contribution in [0.5, 0.6) is 0 Å². The fourth-order valence-corrected chi connectivity index (χ4v) is 3.43. The number of nitrogens with zero attached hydrogens (tertiary/aromatic N) is 4. The second kappa shape index (κ2) is 7.55. The Morgan fingerprint density at radius 2 is 2.00 bits per heavy atom. The Labute approximate surface area is 158 Å². The third-order valence-electron chi connectivity index (χ3n) is 4.84. The van der Waals surface area contributed by atoms with E-state index in [0.29, 0.717) is 17.7 Å². The van der Waals surface area contributed by atoms with Crippen LogP contribution in [0.2, 0.25) is 0 Å². The minimum absolute atomic E-state index is 0.0794. The average Bonchev–Trinajstić information content (AvgIpc) is 3.35. The van der Waals surface area contributed by atoms with Gasteiger partial charge in [-0.2, -0.15) is 0 Å². The molecule has 1 aliphatic rings. The normalized spacial score (nSPS) is 18.9. The second-order valence-corrected chi connectivity index (χ2v) is 6.60. The molecule has 4 N–H and O–H groups in total. The van der Waals surface area contributed by atoms with Crippen molar-refractivity contribution < 1.29 is 9.59 Å². The number of hydrogen-bond donors (Lipinski definition) is 4. The number of hydrogen-bond acceptors (Lipinski definition) is 7. The summed E-state index contributed by atoms with van der Waals surface area (Å²) in [7, 11) is 0. The highest BCUT2D eigenvalue weighted by Crippen LogP contribution is 2.25. The van der Waals surface area contributed by atoms with Gasteiger partial charge in [-0.1, -0.05) is 6.42 Å². The average molecular weight is 382 g/mol. The molecular weight excluding hydrogens is 364 g/mol. The minimum Gasteiger partial charge on any atom is -0.350 e. The van der Waals surface area contributed by atoms with Crippen LogP contribution in [-0.4, -0.2) is 54.3 Å². The number of amides is 2. The monoisotopic (exact) mass is 382 g/mol. The molecule has 1 saturated carbocycles. The van der Waals surface area contributed by atoms with Gasteiger partial charge in [-0.3, -0.25) is 14.4 Å². The molecule has 2 unspecified atom stereocenters. The fraction of sp³-hybridized carbons (Fsp3) is 0.353. The highest BCUT2D eigenvalue weighted by Gasteiger charge is 2.30. The lowest BCUT2D eigenvalue weighted by Crippen LogP contribution is -2.42. The molecule has 144 valence electrons. The number of H-pyrrole nitrogens is 2. The van der Waals surface area contributed by atoms with Gasteiger partial charge in [-0.05, 0) is 18.8 Å². The lowest BCUT2D eigenvalue weighted by atomic mass is 10.0. The molecule has 0 saturated heterocycles. The molecule has 3 aromatic heterocycles. The van der Waals surface area contributed by atoms with Crippen LogP contribution in [0.25, 0.3) is 11.2 Å². The Morgan fingerprint density at radius 3 is 2.82 bits per heavy atom. The summed E-state index contributed by atoms with van der Waals surface area (Å²) in [5, 5.41) is 5.82. The van der Waals surface area contributed by atoms with Gasteiger partial charge in [0.2, 0.25) is 0 Å². The molecule has 11 heteroatoms. The summed E-state index contributed by atoms with van der Waals surface area (Å²) in [5.41, 5.74) is 0.942. The standard InChI is InChI=1S/C17H18N8O3/c26-12-6-18-11(5-19-12)16(27)20-4-9-2-1-3-10(9)25-17(28)14-13-15(23-7-21-13)24-8-22-14/h5-10H,1-4H2,(H,19,26)(H,20,27)(H,25,28)(H,21,22,23,24). The van der Waals surface area contributed by atoms with Crippen molar-refractivity contribution >= 4 is 23.0 Å². The number of imidazole rings is 1. The smallest absolute Gasteiger partial charge is 0.272 e. The van der Waals surface area contributed by atoms with Crippen LogP contribution in [0.4, 0.5) is 0 Å². The van der Waals surface area contributed by atoms with Gasteiger partial charge in [-0.25, -0.2) is 19.9 Å². The van der Waals surface area contributed by atoms with Gasteiger partial charge in [0.05, 0.1) is 12.5 Å². The van der Waals surface area contributed by atoms with Crippen molar-refractivity contribution in [3.05, 3.63) is 46.8 Å². The maximum Gasteiger partial charge on any atom is 0.272 e. The molecule has 11 nitrogen and oxygen atoms in total. The number of fused-ring (bicyclic) bond motifs is 1. The van der Waals surface area contributed by atoms with Crippen molar-refractivity contribution in [2.24, 2.45) is 5.92 Å². The van der Waals surface area contributed by atoms with E-state index in [-0.39, 0.29) is 40.7 Å². The summed E-state index contributed by atoms with van der Waals surface area (Å²) < 4.78 is 0. The van der Waals surface area contributed by atoms with Crippen molar-refractivity contribution in [2.45, 2.75) is 25.3 Å². The lowest BCUT2D eigenvalue weighted by Gasteiger charge is -2.21. The van der Waals surface area contributed by atoms with E-state index in [1.807, 2.05) is 0 Å². The summed E-state index contributed by atoms with van der Waals surface area (Å²) in [5.74, 6) is -0.583. The van der Waals surface area contributed by atoms with Crippen LogP contribution in [0.15, 0.2) is 29.8 Å². The molecule has 0 spiro atoms. The summed E-state index contributed by atoms with van der Waals surface area (Å²) in [6, 6.07) is -0.0794.